The number of thiazole rings is 1. The number of ether oxygens (including phenoxy) is 1. The summed E-state index contributed by atoms with van der Waals surface area (Å²) < 4.78 is 5.75. The molecule has 0 saturated heterocycles. The molecule has 1 rings (SSSR count). The zero-order valence-corrected chi connectivity index (χ0v) is 11.5. The van der Waals surface area contributed by atoms with Crippen LogP contribution in [-0.4, -0.2) is 37.6 Å². The summed E-state index contributed by atoms with van der Waals surface area (Å²) in [5, 5.41) is 2.76. The van der Waals surface area contributed by atoms with Gasteiger partial charge in [-0.15, -0.1) is 11.3 Å². The normalized spacial score (nSPS) is 10.2. The molecule has 94 valence electrons. The van der Waals surface area contributed by atoms with Crippen molar-refractivity contribution in [1.29, 1.82) is 0 Å². The number of aromatic nitrogens is 1. The molecule has 5 nitrogen and oxygen atoms in total. The molecule has 0 aliphatic rings. The van der Waals surface area contributed by atoms with Gasteiger partial charge in [0.1, 0.15) is 5.82 Å². The Bertz CT molecular complexity index is 393. The first-order valence-electron chi connectivity index (χ1n) is 4.96. The van der Waals surface area contributed by atoms with Crippen LogP contribution in [0.25, 0.3) is 0 Å². The standard InChI is InChI=1S/C10H15N3O2S2/c1-11-6-7-9(13-10(16-3)17-7)12-8(14)4-5-15-2/h1,4-6H2,2-3H3,(H,12,14). The third kappa shape index (κ3) is 4.45. The highest BCUT2D eigenvalue weighted by Gasteiger charge is 2.12. The number of amides is 1. The summed E-state index contributed by atoms with van der Waals surface area (Å²) in [6.45, 7) is 4.32. The minimum absolute atomic E-state index is 0.102. The first-order chi connectivity index (χ1) is 8.21. The van der Waals surface area contributed by atoms with Crippen molar-refractivity contribution >= 4 is 41.5 Å². The number of methoxy groups -OCH3 is 1. The van der Waals surface area contributed by atoms with Crippen molar-refractivity contribution < 1.29 is 9.53 Å². The molecular formula is C10H15N3O2S2. The van der Waals surface area contributed by atoms with Gasteiger partial charge in [0.25, 0.3) is 0 Å². The number of carbonyl (C=O) groups excluding carboxylic acids is 1. The average molecular weight is 273 g/mol. The molecule has 1 aromatic heterocycles. The van der Waals surface area contributed by atoms with E-state index in [4.69, 9.17) is 4.74 Å². The van der Waals surface area contributed by atoms with E-state index in [1.165, 1.54) is 11.3 Å². The summed E-state index contributed by atoms with van der Waals surface area (Å²) in [5.41, 5.74) is 0. The van der Waals surface area contributed by atoms with Gasteiger partial charge in [-0.05, 0) is 13.0 Å². The van der Waals surface area contributed by atoms with Crippen molar-refractivity contribution in [2.24, 2.45) is 4.99 Å². The second-order valence-corrected chi connectivity index (χ2v) is 5.27. The third-order valence-electron chi connectivity index (χ3n) is 1.90. The lowest BCUT2D eigenvalue weighted by Gasteiger charge is -2.03. The second-order valence-electron chi connectivity index (χ2n) is 3.13. The molecule has 0 saturated carbocycles. The van der Waals surface area contributed by atoms with E-state index in [2.05, 4.69) is 22.0 Å². The first kappa shape index (κ1) is 14.1. The monoisotopic (exact) mass is 273 g/mol. The van der Waals surface area contributed by atoms with Gasteiger partial charge < -0.3 is 10.1 Å². The van der Waals surface area contributed by atoms with Crippen LogP contribution in [0.5, 0.6) is 0 Å². The Balaban J connectivity index is 2.70. The summed E-state index contributed by atoms with van der Waals surface area (Å²) in [6.07, 6.45) is 2.27. The molecule has 1 heterocycles. The fourth-order valence-corrected chi connectivity index (χ4v) is 2.63. The van der Waals surface area contributed by atoms with Crippen molar-refractivity contribution in [2.75, 3.05) is 25.3 Å². The Labute approximate surface area is 109 Å². The average Bonchev–Trinajstić information content (AvgIpc) is 2.70. The second kappa shape index (κ2) is 7.41. The highest BCUT2D eigenvalue weighted by atomic mass is 32.2. The number of hydrogen-bond acceptors (Lipinski definition) is 6. The van der Waals surface area contributed by atoms with E-state index in [-0.39, 0.29) is 5.91 Å². The van der Waals surface area contributed by atoms with Crippen LogP contribution in [-0.2, 0) is 16.1 Å². The number of carbonyl (C=O) groups is 1. The van der Waals surface area contributed by atoms with Gasteiger partial charge in [-0.1, -0.05) is 11.8 Å². The van der Waals surface area contributed by atoms with E-state index >= 15 is 0 Å². The Hall–Kier alpha value is -0.920. The van der Waals surface area contributed by atoms with Crippen LogP contribution in [0.3, 0.4) is 0 Å². The van der Waals surface area contributed by atoms with Crippen LogP contribution in [0.1, 0.15) is 11.3 Å². The number of rotatable bonds is 7. The van der Waals surface area contributed by atoms with Crippen LogP contribution >= 0.6 is 23.1 Å². The van der Waals surface area contributed by atoms with Gasteiger partial charge in [0.05, 0.1) is 24.4 Å². The summed E-state index contributed by atoms with van der Waals surface area (Å²) >= 11 is 3.07. The van der Waals surface area contributed by atoms with E-state index in [0.29, 0.717) is 25.4 Å². The molecule has 0 unspecified atom stereocenters. The number of hydrogen-bond donors (Lipinski definition) is 1. The molecular weight excluding hydrogens is 258 g/mol. The topological polar surface area (TPSA) is 63.6 Å². The Morgan fingerprint density at radius 1 is 1.71 bits per heavy atom. The molecule has 1 aromatic rings. The van der Waals surface area contributed by atoms with Gasteiger partial charge in [-0.25, -0.2) is 4.98 Å². The van der Waals surface area contributed by atoms with Gasteiger partial charge in [0, 0.05) is 7.11 Å². The summed E-state index contributed by atoms with van der Waals surface area (Å²) in [5.74, 6) is 0.489. The fourth-order valence-electron chi connectivity index (χ4n) is 1.11. The summed E-state index contributed by atoms with van der Waals surface area (Å²) in [6, 6.07) is 0. The van der Waals surface area contributed by atoms with Gasteiger partial charge in [-0.3, -0.25) is 9.79 Å². The van der Waals surface area contributed by atoms with E-state index in [9.17, 15) is 4.79 Å². The van der Waals surface area contributed by atoms with Gasteiger partial charge in [0.15, 0.2) is 4.34 Å². The molecule has 0 radical (unpaired) electrons. The van der Waals surface area contributed by atoms with Crippen molar-refractivity contribution in [3.05, 3.63) is 4.88 Å². The molecule has 0 spiro atoms. The quantitative estimate of drug-likeness (QED) is 0.610. The molecule has 0 aromatic carbocycles. The van der Waals surface area contributed by atoms with E-state index in [0.717, 1.165) is 9.22 Å². The number of anilines is 1. The van der Waals surface area contributed by atoms with Gasteiger partial charge in [-0.2, -0.15) is 0 Å². The number of nitrogens with one attached hydrogen (secondary N) is 1. The van der Waals surface area contributed by atoms with Gasteiger partial charge >= 0.3 is 0 Å². The smallest absolute Gasteiger partial charge is 0.227 e. The lowest BCUT2D eigenvalue weighted by atomic mass is 10.4. The fraction of sp³-hybridized carbons (Fsp3) is 0.500. The SMILES string of the molecule is C=NCc1sc(SC)nc1NC(=O)CCOC. The van der Waals surface area contributed by atoms with Crippen molar-refractivity contribution in [3.63, 3.8) is 0 Å². The number of thioether (sulfide) groups is 1. The minimum Gasteiger partial charge on any atom is -0.384 e. The molecule has 0 aliphatic carbocycles. The van der Waals surface area contributed by atoms with Crippen molar-refractivity contribution in [3.8, 4) is 0 Å². The summed E-state index contributed by atoms with van der Waals surface area (Å²) in [7, 11) is 1.56. The highest BCUT2D eigenvalue weighted by Crippen LogP contribution is 2.29. The Kier molecular flexibility index (Phi) is 6.17. The predicted molar refractivity (Wildman–Crippen MR) is 72.3 cm³/mol. The lowest BCUT2D eigenvalue weighted by Crippen LogP contribution is -2.14. The molecule has 0 bridgehead atoms. The van der Waals surface area contributed by atoms with E-state index in [1.54, 1.807) is 18.9 Å². The largest absolute Gasteiger partial charge is 0.384 e. The summed E-state index contributed by atoms with van der Waals surface area (Å²) in [4.78, 5) is 20.6. The Morgan fingerprint density at radius 2 is 2.47 bits per heavy atom. The molecule has 1 amide bonds. The number of nitrogens with zero attached hydrogens (tertiary/aromatic N) is 2. The van der Waals surface area contributed by atoms with E-state index < -0.39 is 0 Å². The van der Waals surface area contributed by atoms with Crippen LogP contribution < -0.4 is 5.32 Å². The van der Waals surface area contributed by atoms with Crippen LogP contribution in [0.2, 0.25) is 0 Å². The predicted octanol–water partition coefficient (Wildman–Crippen LogP) is 2.04. The zero-order valence-electron chi connectivity index (χ0n) is 9.86. The Morgan fingerprint density at radius 3 is 3.06 bits per heavy atom. The van der Waals surface area contributed by atoms with Crippen molar-refractivity contribution in [2.45, 2.75) is 17.3 Å². The molecule has 17 heavy (non-hydrogen) atoms. The molecule has 1 N–H and O–H groups in total. The zero-order chi connectivity index (χ0) is 12.7. The van der Waals surface area contributed by atoms with Crippen LogP contribution in [0.15, 0.2) is 9.33 Å². The first-order valence-corrected chi connectivity index (χ1v) is 7.00. The third-order valence-corrected chi connectivity index (χ3v) is 3.92. The maximum Gasteiger partial charge on any atom is 0.227 e. The molecule has 0 fully saturated rings. The van der Waals surface area contributed by atoms with Crippen LogP contribution in [0.4, 0.5) is 5.82 Å². The minimum atomic E-state index is -0.102. The number of aliphatic imine (C=N–C) groups is 1. The lowest BCUT2D eigenvalue weighted by molar-refractivity contribution is -0.117. The maximum absolute atomic E-state index is 11.5. The maximum atomic E-state index is 11.5. The molecule has 0 atom stereocenters. The molecule has 7 heteroatoms. The van der Waals surface area contributed by atoms with Crippen LogP contribution in [0, 0.1) is 0 Å². The van der Waals surface area contributed by atoms with E-state index in [1.807, 2.05) is 6.26 Å². The highest BCUT2D eigenvalue weighted by molar-refractivity contribution is 8.00. The van der Waals surface area contributed by atoms with Gasteiger partial charge in [0.2, 0.25) is 5.91 Å². The van der Waals surface area contributed by atoms with Crippen molar-refractivity contribution in [1.82, 2.24) is 4.98 Å². The molecule has 0 aliphatic heterocycles.